The van der Waals surface area contributed by atoms with Gasteiger partial charge in [-0.3, -0.25) is 0 Å². The second-order valence-electron chi connectivity index (χ2n) is 4.37. The highest BCUT2D eigenvalue weighted by atomic mass is 35.5. The van der Waals surface area contributed by atoms with E-state index in [1.807, 2.05) is 13.1 Å². The first-order valence-corrected chi connectivity index (χ1v) is 8.53. The lowest BCUT2D eigenvalue weighted by Crippen LogP contribution is -2.00. The van der Waals surface area contributed by atoms with Crippen LogP contribution in [0.25, 0.3) is 10.6 Å². The molecule has 3 heterocycles. The van der Waals surface area contributed by atoms with Crippen molar-refractivity contribution in [3.8, 4) is 10.6 Å². The Hall–Kier alpha value is -1.24. The Kier molecular flexibility index (Phi) is 4.14. The first-order valence-electron chi connectivity index (χ1n) is 6.27. The molecule has 1 unspecified atom stereocenters. The minimum Gasteiger partial charge on any atom is -0.246 e. The van der Waals surface area contributed by atoms with Crippen LogP contribution in [0, 0.1) is 0 Å². The second kappa shape index (κ2) is 6.03. The molecule has 0 amide bonds. The van der Waals surface area contributed by atoms with Crippen LogP contribution in [-0.4, -0.2) is 20.0 Å². The van der Waals surface area contributed by atoms with E-state index in [0.717, 1.165) is 22.8 Å². The molecular formula is C13H13ClN4S2. The minimum atomic E-state index is -0.0689. The first-order chi connectivity index (χ1) is 9.76. The van der Waals surface area contributed by atoms with E-state index in [1.165, 1.54) is 5.56 Å². The molecule has 3 rings (SSSR count). The van der Waals surface area contributed by atoms with Crippen molar-refractivity contribution in [1.29, 1.82) is 0 Å². The minimum absolute atomic E-state index is 0.0689. The number of rotatable bonds is 5. The summed E-state index contributed by atoms with van der Waals surface area (Å²) in [5, 5.41) is 15.4. The summed E-state index contributed by atoms with van der Waals surface area (Å²) < 4.78 is 1.78. The maximum Gasteiger partial charge on any atom is 0.124 e. The van der Waals surface area contributed by atoms with Gasteiger partial charge in [0.15, 0.2) is 0 Å². The Morgan fingerprint density at radius 2 is 2.30 bits per heavy atom. The molecule has 0 saturated carbocycles. The van der Waals surface area contributed by atoms with Gasteiger partial charge in [0, 0.05) is 16.3 Å². The van der Waals surface area contributed by atoms with Crippen LogP contribution in [0.5, 0.6) is 0 Å². The Morgan fingerprint density at radius 1 is 1.40 bits per heavy atom. The van der Waals surface area contributed by atoms with E-state index in [1.54, 1.807) is 27.4 Å². The molecule has 7 heteroatoms. The van der Waals surface area contributed by atoms with E-state index in [-0.39, 0.29) is 5.38 Å². The monoisotopic (exact) mass is 324 g/mol. The van der Waals surface area contributed by atoms with Gasteiger partial charge >= 0.3 is 0 Å². The fourth-order valence-corrected chi connectivity index (χ4v) is 3.43. The smallest absolute Gasteiger partial charge is 0.124 e. The third-order valence-corrected chi connectivity index (χ3v) is 5.04. The van der Waals surface area contributed by atoms with Crippen molar-refractivity contribution in [2.45, 2.75) is 25.3 Å². The predicted molar refractivity (Wildman–Crippen MR) is 83.4 cm³/mol. The number of alkyl halides is 1. The predicted octanol–water partition coefficient (Wildman–Crippen LogP) is 4.20. The largest absolute Gasteiger partial charge is 0.246 e. The maximum atomic E-state index is 6.15. The van der Waals surface area contributed by atoms with Crippen LogP contribution in [0.1, 0.15) is 30.1 Å². The molecule has 0 radical (unpaired) electrons. The van der Waals surface area contributed by atoms with E-state index in [2.05, 4.69) is 37.5 Å². The molecule has 0 N–H and O–H groups in total. The molecule has 0 aliphatic heterocycles. The highest BCUT2D eigenvalue weighted by molar-refractivity contribution is 7.14. The summed E-state index contributed by atoms with van der Waals surface area (Å²) in [5.74, 6) is 0. The number of hydrogen-bond donors (Lipinski definition) is 0. The Balaban J connectivity index is 1.73. The fourth-order valence-electron chi connectivity index (χ4n) is 1.81. The summed E-state index contributed by atoms with van der Waals surface area (Å²) in [4.78, 5) is 4.63. The van der Waals surface area contributed by atoms with Gasteiger partial charge in [-0.05, 0) is 17.9 Å². The van der Waals surface area contributed by atoms with Crippen molar-refractivity contribution in [1.82, 2.24) is 20.0 Å². The number of aromatic nitrogens is 4. The van der Waals surface area contributed by atoms with Gasteiger partial charge in [-0.1, -0.05) is 12.1 Å². The molecule has 1 atom stereocenters. The molecular weight excluding hydrogens is 312 g/mol. The van der Waals surface area contributed by atoms with Crippen LogP contribution in [-0.2, 0) is 6.54 Å². The van der Waals surface area contributed by atoms with Crippen LogP contribution in [0.3, 0.4) is 0 Å². The van der Waals surface area contributed by atoms with Gasteiger partial charge in [-0.15, -0.1) is 28.0 Å². The van der Waals surface area contributed by atoms with Crippen molar-refractivity contribution >= 4 is 34.3 Å². The number of nitrogens with zero attached hydrogens (tertiary/aromatic N) is 4. The second-order valence-corrected chi connectivity index (χ2v) is 6.54. The molecule has 0 spiro atoms. The molecule has 0 saturated heterocycles. The van der Waals surface area contributed by atoms with E-state index in [0.29, 0.717) is 6.54 Å². The van der Waals surface area contributed by atoms with Gasteiger partial charge in [0.25, 0.3) is 0 Å². The number of thiazole rings is 1. The van der Waals surface area contributed by atoms with Crippen LogP contribution < -0.4 is 0 Å². The van der Waals surface area contributed by atoms with E-state index < -0.39 is 0 Å². The van der Waals surface area contributed by atoms with Gasteiger partial charge in [0.1, 0.15) is 10.7 Å². The van der Waals surface area contributed by atoms with Crippen LogP contribution in [0.4, 0.5) is 0 Å². The summed E-state index contributed by atoms with van der Waals surface area (Å²) in [6, 6.07) is 2.08. The van der Waals surface area contributed by atoms with Crippen LogP contribution in [0.15, 0.2) is 28.4 Å². The van der Waals surface area contributed by atoms with Gasteiger partial charge in [-0.2, -0.15) is 11.3 Å². The molecule has 4 nitrogen and oxygen atoms in total. The lowest BCUT2D eigenvalue weighted by Gasteiger charge is -1.98. The normalized spacial score (nSPS) is 12.7. The van der Waals surface area contributed by atoms with E-state index >= 15 is 0 Å². The topological polar surface area (TPSA) is 43.6 Å². The molecule has 0 bridgehead atoms. The molecule has 3 aromatic heterocycles. The average Bonchev–Trinajstić information content (AvgIpc) is 3.19. The van der Waals surface area contributed by atoms with Crippen molar-refractivity contribution in [2.24, 2.45) is 0 Å². The Labute approximate surface area is 130 Å². The summed E-state index contributed by atoms with van der Waals surface area (Å²) >= 11 is 9.48. The van der Waals surface area contributed by atoms with Crippen molar-refractivity contribution < 1.29 is 0 Å². The number of hydrogen-bond acceptors (Lipinski definition) is 5. The summed E-state index contributed by atoms with van der Waals surface area (Å²) in [7, 11) is 0. The summed E-state index contributed by atoms with van der Waals surface area (Å²) in [6.45, 7) is 2.66. The van der Waals surface area contributed by atoms with Crippen molar-refractivity contribution in [3.05, 3.63) is 39.8 Å². The number of thiophene rings is 1. The molecule has 0 aromatic carbocycles. The van der Waals surface area contributed by atoms with Crippen molar-refractivity contribution in [2.75, 3.05) is 0 Å². The average molecular weight is 325 g/mol. The SMILES string of the molecule is CCC(Cl)c1cn(Cc2csc(-c3ccsc3)n2)nn1. The van der Waals surface area contributed by atoms with Gasteiger partial charge < -0.3 is 0 Å². The zero-order chi connectivity index (χ0) is 13.9. The third-order valence-electron chi connectivity index (χ3n) is 2.88. The maximum absolute atomic E-state index is 6.15. The molecule has 0 aliphatic rings. The summed E-state index contributed by atoms with van der Waals surface area (Å²) in [5.41, 5.74) is 3.00. The zero-order valence-corrected chi connectivity index (χ0v) is 13.3. The molecule has 0 fully saturated rings. The van der Waals surface area contributed by atoms with Gasteiger partial charge in [0.05, 0.1) is 23.8 Å². The van der Waals surface area contributed by atoms with E-state index in [9.17, 15) is 0 Å². The third kappa shape index (κ3) is 2.92. The molecule has 0 aliphatic carbocycles. The quantitative estimate of drug-likeness (QED) is 0.660. The molecule has 3 aromatic rings. The highest BCUT2D eigenvalue weighted by Crippen LogP contribution is 2.26. The summed E-state index contributed by atoms with van der Waals surface area (Å²) in [6.07, 6.45) is 2.74. The number of halogens is 1. The van der Waals surface area contributed by atoms with Gasteiger partial charge in [0.2, 0.25) is 0 Å². The lowest BCUT2D eigenvalue weighted by atomic mass is 10.3. The van der Waals surface area contributed by atoms with Crippen LogP contribution in [0.2, 0.25) is 0 Å². The zero-order valence-electron chi connectivity index (χ0n) is 10.9. The van der Waals surface area contributed by atoms with Crippen molar-refractivity contribution in [3.63, 3.8) is 0 Å². The fraction of sp³-hybridized carbons (Fsp3) is 0.308. The Morgan fingerprint density at radius 3 is 3.05 bits per heavy atom. The highest BCUT2D eigenvalue weighted by Gasteiger charge is 2.11. The molecule has 20 heavy (non-hydrogen) atoms. The first kappa shape index (κ1) is 13.7. The lowest BCUT2D eigenvalue weighted by molar-refractivity contribution is 0.640. The van der Waals surface area contributed by atoms with Gasteiger partial charge in [-0.25, -0.2) is 9.67 Å². The standard InChI is InChI=1S/C13H13ClN4S2/c1-2-11(14)12-6-18(17-16-12)5-10-8-20-13(15-10)9-3-4-19-7-9/h3-4,6-8,11H,2,5H2,1H3. The Bertz CT molecular complexity index is 674. The van der Waals surface area contributed by atoms with Crippen LogP contribution >= 0.6 is 34.3 Å². The molecule has 104 valence electrons. The van der Waals surface area contributed by atoms with E-state index in [4.69, 9.17) is 11.6 Å².